The fraction of sp³-hybridized carbons (Fsp3) is 0.619. The van der Waals surface area contributed by atoms with E-state index in [0.29, 0.717) is 12.8 Å². The van der Waals surface area contributed by atoms with Crippen molar-refractivity contribution in [1.29, 1.82) is 0 Å². The van der Waals surface area contributed by atoms with Crippen LogP contribution in [0.4, 0.5) is 4.39 Å². The van der Waals surface area contributed by atoms with E-state index in [1.807, 2.05) is 0 Å². The first kappa shape index (κ1) is 22.3. The van der Waals surface area contributed by atoms with Gasteiger partial charge in [-0.3, -0.25) is 9.59 Å². The minimum Gasteiger partial charge on any atom is -0.352 e. The molecule has 2 amide bonds. The summed E-state index contributed by atoms with van der Waals surface area (Å²) in [5.74, 6) is -1.19. The van der Waals surface area contributed by atoms with E-state index < -0.39 is 11.9 Å². The summed E-state index contributed by atoms with van der Waals surface area (Å²) in [6.45, 7) is 3.49. The SMILES string of the molecule is CC(=O)N[C@H]1C[C@@H](C(=O)N[C@H](c2c(F)ccc(Cl)c2Cl)C2(C)CCCC2)C[C@H]1N. The number of carbonyl (C=O) groups is 2. The van der Waals surface area contributed by atoms with E-state index in [4.69, 9.17) is 28.9 Å². The predicted octanol–water partition coefficient (Wildman–Crippen LogP) is 4.11. The fourth-order valence-electron chi connectivity index (χ4n) is 4.85. The highest BCUT2D eigenvalue weighted by Crippen LogP contribution is 2.50. The molecule has 2 saturated carbocycles. The van der Waals surface area contributed by atoms with Gasteiger partial charge in [-0.2, -0.15) is 0 Å². The fourth-order valence-corrected chi connectivity index (χ4v) is 5.27. The summed E-state index contributed by atoms with van der Waals surface area (Å²) in [4.78, 5) is 24.5. The molecular formula is C21H28Cl2FN3O2. The number of halogens is 3. The Kier molecular flexibility index (Phi) is 6.76. The molecule has 0 radical (unpaired) electrons. The molecule has 2 aliphatic carbocycles. The average Bonchev–Trinajstić information content (AvgIpc) is 3.24. The molecule has 2 fully saturated rings. The molecule has 8 heteroatoms. The minimum absolute atomic E-state index is 0.143. The smallest absolute Gasteiger partial charge is 0.223 e. The Bertz CT molecular complexity index is 798. The molecule has 160 valence electrons. The van der Waals surface area contributed by atoms with E-state index in [9.17, 15) is 14.0 Å². The zero-order valence-electron chi connectivity index (χ0n) is 16.7. The first-order valence-corrected chi connectivity index (χ1v) is 10.8. The highest BCUT2D eigenvalue weighted by atomic mass is 35.5. The van der Waals surface area contributed by atoms with E-state index >= 15 is 0 Å². The van der Waals surface area contributed by atoms with Gasteiger partial charge in [0.05, 0.1) is 16.1 Å². The number of amides is 2. The maximum atomic E-state index is 14.8. The van der Waals surface area contributed by atoms with Crippen molar-refractivity contribution < 1.29 is 14.0 Å². The van der Waals surface area contributed by atoms with Crippen molar-refractivity contribution in [1.82, 2.24) is 10.6 Å². The van der Waals surface area contributed by atoms with Gasteiger partial charge in [0.1, 0.15) is 5.82 Å². The third-order valence-electron chi connectivity index (χ3n) is 6.47. The van der Waals surface area contributed by atoms with Gasteiger partial charge in [0.25, 0.3) is 0 Å². The summed E-state index contributed by atoms with van der Waals surface area (Å²) in [5, 5.41) is 6.28. The molecule has 5 nitrogen and oxygen atoms in total. The van der Waals surface area contributed by atoms with Crippen LogP contribution in [0.2, 0.25) is 10.0 Å². The molecule has 1 aromatic rings. The van der Waals surface area contributed by atoms with Gasteiger partial charge in [0, 0.05) is 30.5 Å². The Morgan fingerprint density at radius 1 is 1.24 bits per heavy atom. The second kappa shape index (κ2) is 8.78. The largest absolute Gasteiger partial charge is 0.352 e. The van der Waals surface area contributed by atoms with Gasteiger partial charge in [-0.25, -0.2) is 4.39 Å². The second-order valence-electron chi connectivity index (χ2n) is 8.70. The van der Waals surface area contributed by atoms with Gasteiger partial charge in [-0.15, -0.1) is 0 Å². The molecule has 1 aromatic carbocycles. The van der Waals surface area contributed by atoms with E-state index in [1.165, 1.54) is 19.1 Å². The van der Waals surface area contributed by atoms with Crippen molar-refractivity contribution in [3.8, 4) is 0 Å². The Hall–Kier alpha value is -1.37. The van der Waals surface area contributed by atoms with Crippen molar-refractivity contribution >= 4 is 35.0 Å². The molecular weight excluding hydrogens is 416 g/mol. The first-order chi connectivity index (χ1) is 13.6. The molecule has 0 saturated heterocycles. The van der Waals surface area contributed by atoms with Gasteiger partial charge < -0.3 is 16.4 Å². The molecule has 0 aromatic heterocycles. The Labute approximate surface area is 180 Å². The van der Waals surface area contributed by atoms with Crippen LogP contribution in [-0.4, -0.2) is 23.9 Å². The lowest BCUT2D eigenvalue weighted by Gasteiger charge is -2.36. The molecule has 0 unspecified atom stereocenters. The number of rotatable bonds is 5. The van der Waals surface area contributed by atoms with Crippen LogP contribution in [0.3, 0.4) is 0 Å². The zero-order chi connectivity index (χ0) is 21.3. The van der Waals surface area contributed by atoms with Gasteiger partial charge in [-0.1, -0.05) is 43.0 Å². The van der Waals surface area contributed by atoms with Crippen LogP contribution in [0, 0.1) is 17.2 Å². The highest BCUT2D eigenvalue weighted by molar-refractivity contribution is 6.42. The van der Waals surface area contributed by atoms with Gasteiger partial charge >= 0.3 is 0 Å². The molecule has 29 heavy (non-hydrogen) atoms. The van der Waals surface area contributed by atoms with E-state index in [0.717, 1.165) is 25.7 Å². The third-order valence-corrected chi connectivity index (χ3v) is 7.29. The summed E-state index contributed by atoms with van der Waals surface area (Å²) in [6, 6.07) is 1.60. The monoisotopic (exact) mass is 443 g/mol. The van der Waals surface area contributed by atoms with Crippen LogP contribution in [-0.2, 0) is 9.59 Å². The quantitative estimate of drug-likeness (QED) is 0.598. The third kappa shape index (κ3) is 4.70. The summed E-state index contributed by atoms with van der Waals surface area (Å²) >= 11 is 12.6. The number of carbonyl (C=O) groups excluding carboxylic acids is 2. The molecule has 0 spiro atoms. The number of nitrogens with one attached hydrogen (secondary N) is 2. The minimum atomic E-state index is -0.584. The average molecular weight is 444 g/mol. The molecule has 0 bridgehead atoms. The lowest BCUT2D eigenvalue weighted by molar-refractivity contribution is -0.127. The summed E-state index contributed by atoms with van der Waals surface area (Å²) < 4.78 is 14.8. The van der Waals surface area contributed by atoms with Gasteiger partial charge in [0.2, 0.25) is 11.8 Å². The van der Waals surface area contributed by atoms with Crippen LogP contribution in [0.25, 0.3) is 0 Å². The van der Waals surface area contributed by atoms with Crippen LogP contribution >= 0.6 is 23.2 Å². The van der Waals surface area contributed by atoms with E-state index in [-0.39, 0.29) is 50.8 Å². The molecule has 4 atom stereocenters. The van der Waals surface area contributed by atoms with Crippen LogP contribution in [0.1, 0.15) is 64.0 Å². The topological polar surface area (TPSA) is 84.2 Å². The summed E-state index contributed by atoms with van der Waals surface area (Å²) in [7, 11) is 0. The Balaban J connectivity index is 1.86. The number of hydrogen-bond donors (Lipinski definition) is 3. The van der Waals surface area contributed by atoms with Crippen molar-refractivity contribution in [3.63, 3.8) is 0 Å². The summed E-state index contributed by atoms with van der Waals surface area (Å²) in [5.41, 5.74) is 6.05. The lowest BCUT2D eigenvalue weighted by atomic mass is 9.76. The first-order valence-electron chi connectivity index (χ1n) is 10.1. The second-order valence-corrected chi connectivity index (χ2v) is 9.48. The number of benzene rings is 1. The molecule has 0 heterocycles. The molecule has 4 N–H and O–H groups in total. The molecule has 3 rings (SSSR count). The van der Waals surface area contributed by atoms with E-state index in [1.54, 1.807) is 0 Å². The standard InChI is InChI=1S/C21H28Cl2FN3O2/c1-11(28)26-16-10-12(9-15(16)25)20(29)27-19(21(2)7-3-4-8-21)17-14(24)6-5-13(22)18(17)23/h5-6,12,15-16,19H,3-4,7-10,25H2,1-2H3,(H,26,28)(H,27,29)/t12-,15+,16-,19+/m0/s1. The van der Waals surface area contributed by atoms with Crippen LogP contribution in [0.15, 0.2) is 12.1 Å². The summed E-state index contributed by atoms with van der Waals surface area (Å²) in [6.07, 6.45) is 4.68. The van der Waals surface area contributed by atoms with Gasteiger partial charge in [0.15, 0.2) is 0 Å². The normalized spacial score (nSPS) is 26.9. The highest BCUT2D eigenvalue weighted by Gasteiger charge is 2.43. The predicted molar refractivity (Wildman–Crippen MR) is 112 cm³/mol. The lowest BCUT2D eigenvalue weighted by Crippen LogP contribution is -2.43. The number of nitrogens with two attached hydrogens (primary N) is 1. The Morgan fingerprint density at radius 3 is 2.52 bits per heavy atom. The van der Waals surface area contributed by atoms with Crippen molar-refractivity contribution in [3.05, 3.63) is 33.6 Å². The zero-order valence-corrected chi connectivity index (χ0v) is 18.2. The van der Waals surface area contributed by atoms with Gasteiger partial charge in [-0.05, 0) is 43.2 Å². The number of hydrogen-bond acceptors (Lipinski definition) is 3. The van der Waals surface area contributed by atoms with Crippen molar-refractivity contribution in [2.75, 3.05) is 0 Å². The van der Waals surface area contributed by atoms with Crippen LogP contribution in [0.5, 0.6) is 0 Å². The molecule has 2 aliphatic rings. The van der Waals surface area contributed by atoms with Crippen LogP contribution < -0.4 is 16.4 Å². The maximum absolute atomic E-state index is 14.8. The van der Waals surface area contributed by atoms with Crippen molar-refractivity contribution in [2.24, 2.45) is 17.1 Å². The van der Waals surface area contributed by atoms with Crippen molar-refractivity contribution in [2.45, 2.75) is 70.5 Å². The Morgan fingerprint density at radius 2 is 1.90 bits per heavy atom. The van der Waals surface area contributed by atoms with E-state index in [2.05, 4.69) is 17.6 Å². The maximum Gasteiger partial charge on any atom is 0.223 e. The molecule has 0 aliphatic heterocycles.